The summed E-state index contributed by atoms with van der Waals surface area (Å²) in [7, 11) is 0. The summed E-state index contributed by atoms with van der Waals surface area (Å²) < 4.78 is 29.5. The molecule has 0 saturated carbocycles. The molecule has 0 aliphatic rings. The van der Waals surface area contributed by atoms with E-state index in [2.05, 4.69) is 9.72 Å². The average Bonchev–Trinajstić information content (AvgIpc) is 2.14. The lowest BCUT2D eigenvalue weighted by Crippen LogP contribution is -2.21. The lowest BCUT2D eigenvalue weighted by atomic mass is 10.3. The van der Waals surface area contributed by atoms with E-state index in [0.29, 0.717) is 6.92 Å². The first-order valence-electron chi connectivity index (χ1n) is 4.07. The summed E-state index contributed by atoms with van der Waals surface area (Å²) in [5.41, 5.74) is -0.105. The maximum absolute atomic E-state index is 12.4. The molecule has 0 atom stereocenters. The zero-order chi connectivity index (χ0) is 11.5. The molecule has 0 saturated heterocycles. The average molecular weight is 217 g/mol. The molecule has 0 fully saturated rings. The van der Waals surface area contributed by atoms with Crippen LogP contribution in [0.4, 0.5) is 8.78 Å². The highest BCUT2D eigenvalue weighted by Crippen LogP contribution is 2.16. The van der Waals surface area contributed by atoms with E-state index < -0.39 is 18.5 Å². The standard InChI is InChI=1S/C9H9F2NO3/c1-9(10,11)5-15-7-2-6(8(13)14)3-12-4-7/h2-4H,5H2,1H3,(H,13,14). The minimum Gasteiger partial charge on any atom is -0.486 e. The summed E-state index contributed by atoms with van der Waals surface area (Å²) in [6.07, 6.45) is 2.29. The van der Waals surface area contributed by atoms with E-state index in [9.17, 15) is 13.6 Å². The quantitative estimate of drug-likeness (QED) is 0.835. The van der Waals surface area contributed by atoms with Crippen molar-refractivity contribution in [3.63, 3.8) is 0 Å². The van der Waals surface area contributed by atoms with E-state index in [-0.39, 0.29) is 11.3 Å². The summed E-state index contributed by atoms with van der Waals surface area (Å²) in [6.45, 7) is -0.0980. The molecule has 1 heterocycles. The SMILES string of the molecule is CC(F)(F)COc1cncc(C(=O)O)c1. The van der Waals surface area contributed by atoms with Gasteiger partial charge in [-0.1, -0.05) is 0 Å². The number of carboxylic acid groups (broad SMARTS) is 1. The molecule has 0 spiro atoms. The summed E-state index contributed by atoms with van der Waals surface area (Å²) in [5.74, 6) is -4.13. The monoisotopic (exact) mass is 217 g/mol. The van der Waals surface area contributed by atoms with Crippen LogP contribution in [0.3, 0.4) is 0 Å². The minimum absolute atomic E-state index is 0.0106. The number of ether oxygens (including phenoxy) is 1. The van der Waals surface area contributed by atoms with Gasteiger partial charge in [-0.15, -0.1) is 0 Å². The maximum atomic E-state index is 12.4. The van der Waals surface area contributed by atoms with Crippen molar-refractivity contribution in [3.05, 3.63) is 24.0 Å². The number of aromatic carboxylic acids is 1. The number of pyridine rings is 1. The molecule has 1 aromatic heterocycles. The van der Waals surface area contributed by atoms with E-state index in [0.717, 1.165) is 12.3 Å². The Kier molecular flexibility index (Phi) is 3.18. The van der Waals surface area contributed by atoms with Gasteiger partial charge in [-0.2, -0.15) is 0 Å². The molecular formula is C9H9F2NO3. The van der Waals surface area contributed by atoms with Gasteiger partial charge in [0.1, 0.15) is 5.75 Å². The van der Waals surface area contributed by atoms with Crippen molar-refractivity contribution in [1.82, 2.24) is 4.98 Å². The third-order valence-electron chi connectivity index (χ3n) is 1.45. The van der Waals surface area contributed by atoms with Crippen molar-refractivity contribution in [2.45, 2.75) is 12.8 Å². The first-order valence-corrected chi connectivity index (χ1v) is 4.07. The van der Waals surface area contributed by atoms with Crippen LogP contribution in [0.25, 0.3) is 0 Å². The minimum atomic E-state index is -2.96. The number of hydrogen-bond donors (Lipinski definition) is 1. The molecule has 6 heteroatoms. The molecule has 0 unspecified atom stereocenters. The van der Waals surface area contributed by atoms with E-state index in [1.165, 1.54) is 6.20 Å². The van der Waals surface area contributed by atoms with Gasteiger partial charge < -0.3 is 9.84 Å². The predicted molar refractivity (Wildman–Crippen MR) is 47.3 cm³/mol. The molecule has 0 aromatic carbocycles. The Balaban J connectivity index is 2.70. The first-order chi connectivity index (χ1) is 6.88. The summed E-state index contributed by atoms with van der Waals surface area (Å²) in [5, 5.41) is 8.59. The topological polar surface area (TPSA) is 59.4 Å². The largest absolute Gasteiger partial charge is 0.486 e. The fourth-order valence-electron chi connectivity index (χ4n) is 0.825. The molecular weight excluding hydrogens is 208 g/mol. The molecule has 4 nitrogen and oxygen atoms in total. The normalized spacial score (nSPS) is 11.1. The van der Waals surface area contributed by atoms with Crippen LogP contribution in [-0.4, -0.2) is 28.6 Å². The van der Waals surface area contributed by atoms with Gasteiger partial charge in [-0.05, 0) is 6.07 Å². The second-order valence-corrected chi connectivity index (χ2v) is 3.07. The zero-order valence-electron chi connectivity index (χ0n) is 7.91. The van der Waals surface area contributed by atoms with E-state index >= 15 is 0 Å². The Labute approximate surface area is 84.5 Å². The lowest BCUT2D eigenvalue weighted by molar-refractivity contribution is -0.0230. The molecule has 0 amide bonds. The van der Waals surface area contributed by atoms with Crippen LogP contribution in [0.2, 0.25) is 0 Å². The highest BCUT2D eigenvalue weighted by atomic mass is 19.3. The molecule has 1 N–H and O–H groups in total. The Morgan fingerprint density at radius 1 is 1.60 bits per heavy atom. The fraction of sp³-hybridized carbons (Fsp3) is 0.333. The summed E-state index contributed by atoms with van der Waals surface area (Å²) >= 11 is 0. The maximum Gasteiger partial charge on any atom is 0.337 e. The molecule has 82 valence electrons. The van der Waals surface area contributed by atoms with E-state index in [1.807, 2.05) is 0 Å². The van der Waals surface area contributed by atoms with E-state index in [1.54, 1.807) is 0 Å². The van der Waals surface area contributed by atoms with Gasteiger partial charge in [0.25, 0.3) is 5.92 Å². The van der Waals surface area contributed by atoms with Gasteiger partial charge in [-0.3, -0.25) is 4.98 Å². The van der Waals surface area contributed by atoms with Gasteiger partial charge in [0.05, 0.1) is 11.8 Å². The molecule has 1 rings (SSSR count). The van der Waals surface area contributed by atoms with Gasteiger partial charge in [0.2, 0.25) is 0 Å². The van der Waals surface area contributed by atoms with Crippen molar-refractivity contribution in [1.29, 1.82) is 0 Å². The van der Waals surface area contributed by atoms with Crippen LogP contribution < -0.4 is 4.74 Å². The predicted octanol–water partition coefficient (Wildman–Crippen LogP) is 1.81. The van der Waals surface area contributed by atoms with Crippen molar-refractivity contribution in [2.75, 3.05) is 6.61 Å². The zero-order valence-corrected chi connectivity index (χ0v) is 7.91. The molecule has 1 aromatic rings. The van der Waals surface area contributed by atoms with Crippen LogP contribution in [-0.2, 0) is 0 Å². The first kappa shape index (κ1) is 11.4. The van der Waals surface area contributed by atoms with Gasteiger partial charge >= 0.3 is 5.97 Å². The van der Waals surface area contributed by atoms with Crippen molar-refractivity contribution in [2.24, 2.45) is 0 Å². The number of alkyl halides is 2. The van der Waals surface area contributed by atoms with Crippen LogP contribution in [0.1, 0.15) is 17.3 Å². The van der Waals surface area contributed by atoms with Crippen LogP contribution in [0.15, 0.2) is 18.5 Å². The third-order valence-corrected chi connectivity index (χ3v) is 1.45. The van der Waals surface area contributed by atoms with Gasteiger partial charge in [0.15, 0.2) is 6.61 Å². The number of rotatable bonds is 4. The number of aromatic nitrogens is 1. The lowest BCUT2D eigenvalue weighted by Gasteiger charge is -2.11. The second kappa shape index (κ2) is 4.20. The van der Waals surface area contributed by atoms with E-state index in [4.69, 9.17) is 5.11 Å². The van der Waals surface area contributed by atoms with Crippen molar-refractivity contribution < 1.29 is 23.4 Å². The Morgan fingerprint density at radius 2 is 2.27 bits per heavy atom. The Bertz CT molecular complexity index is 363. The number of carbonyl (C=O) groups is 1. The second-order valence-electron chi connectivity index (χ2n) is 3.07. The number of hydrogen-bond acceptors (Lipinski definition) is 3. The number of carboxylic acids is 1. The van der Waals surface area contributed by atoms with Crippen LogP contribution in [0, 0.1) is 0 Å². The highest BCUT2D eigenvalue weighted by Gasteiger charge is 2.22. The summed E-state index contributed by atoms with van der Waals surface area (Å²) in [6, 6.07) is 1.14. The molecule has 15 heavy (non-hydrogen) atoms. The Morgan fingerprint density at radius 3 is 2.80 bits per heavy atom. The number of halogens is 2. The number of nitrogens with zero attached hydrogens (tertiary/aromatic N) is 1. The highest BCUT2D eigenvalue weighted by molar-refractivity contribution is 5.87. The van der Waals surface area contributed by atoms with Crippen LogP contribution >= 0.6 is 0 Å². The van der Waals surface area contributed by atoms with Gasteiger partial charge in [0, 0.05) is 13.1 Å². The Hall–Kier alpha value is -1.72. The molecule has 0 bridgehead atoms. The van der Waals surface area contributed by atoms with Gasteiger partial charge in [-0.25, -0.2) is 13.6 Å². The van der Waals surface area contributed by atoms with Crippen LogP contribution in [0.5, 0.6) is 5.75 Å². The third kappa shape index (κ3) is 3.88. The van der Waals surface area contributed by atoms with Crippen molar-refractivity contribution in [3.8, 4) is 5.75 Å². The molecule has 0 aliphatic carbocycles. The molecule has 0 aliphatic heterocycles. The smallest absolute Gasteiger partial charge is 0.337 e. The van der Waals surface area contributed by atoms with Crippen molar-refractivity contribution >= 4 is 5.97 Å². The fourth-order valence-corrected chi connectivity index (χ4v) is 0.825. The summed E-state index contributed by atoms with van der Waals surface area (Å²) in [4.78, 5) is 14.1. The molecule has 0 radical (unpaired) electrons.